The molecule has 0 aromatic heterocycles. The summed E-state index contributed by atoms with van der Waals surface area (Å²) in [5, 5.41) is 3.07. The van der Waals surface area contributed by atoms with Gasteiger partial charge in [-0.15, -0.1) is 12.4 Å². The smallest absolute Gasteiger partial charge is 0.314 e. The number of hydrogen-bond donors (Lipinski definition) is 1. The van der Waals surface area contributed by atoms with Crippen LogP contribution >= 0.6 is 28.3 Å². The normalized spacial score (nSPS) is 17.7. The zero-order valence-corrected chi connectivity index (χ0v) is 14.5. The molecule has 1 aliphatic heterocycles. The lowest BCUT2D eigenvalue weighted by molar-refractivity contribution is -0.138. The third-order valence-corrected chi connectivity index (χ3v) is 4.13. The van der Waals surface area contributed by atoms with Crippen LogP contribution in [-0.4, -0.2) is 37.3 Å². The minimum absolute atomic E-state index is 0. The molecule has 0 aliphatic carbocycles. The minimum Gasteiger partial charge on any atom is -0.314 e. The van der Waals surface area contributed by atoms with Crippen LogP contribution in [0.15, 0.2) is 16.6 Å². The van der Waals surface area contributed by atoms with E-state index in [2.05, 4.69) is 21.2 Å². The maximum Gasteiger partial charge on any atom is 0.389 e. The first-order valence-corrected chi connectivity index (χ1v) is 7.73. The lowest BCUT2D eigenvalue weighted by Gasteiger charge is -2.35. The van der Waals surface area contributed by atoms with Crippen LogP contribution in [0, 0.1) is 11.6 Å². The SMILES string of the molecule is Cl.Fc1cc(Br)cc(F)c1[C@@H](CCC(F)(F)F)N1CCNCC1. The van der Waals surface area contributed by atoms with Gasteiger partial charge in [0.1, 0.15) is 11.6 Å². The third kappa shape index (κ3) is 5.85. The van der Waals surface area contributed by atoms with Crippen molar-refractivity contribution in [3.05, 3.63) is 33.8 Å². The number of nitrogens with one attached hydrogen (secondary N) is 1. The largest absolute Gasteiger partial charge is 0.389 e. The quantitative estimate of drug-likeness (QED) is 0.721. The summed E-state index contributed by atoms with van der Waals surface area (Å²) in [6.45, 7) is 2.08. The summed E-state index contributed by atoms with van der Waals surface area (Å²) in [6.07, 6.45) is -5.79. The van der Waals surface area contributed by atoms with Crippen LogP contribution in [0.1, 0.15) is 24.4 Å². The van der Waals surface area contributed by atoms with Gasteiger partial charge >= 0.3 is 6.18 Å². The lowest BCUT2D eigenvalue weighted by atomic mass is 9.98. The second kappa shape index (κ2) is 8.60. The van der Waals surface area contributed by atoms with E-state index in [0.29, 0.717) is 26.2 Å². The molecule has 1 aromatic rings. The fraction of sp³-hybridized carbons (Fsp3) is 0.571. The van der Waals surface area contributed by atoms with Gasteiger partial charge in [0.15, 0.2) is 0 Å². The number of benzene rings is 1. The first-order valence-electron chi connectivity index (χ1n) is 6.94. The highest BCUT2D eigenvalue weighted by atomic mass is 79.9. The second-order valence-electron chi connectivity index (χ2n) is 5.24. The first-order chi connectivity index (χ1) is 10.3. The zero-order valence-electron chi connectivity index (χ0n) is 12.1. The minimum atomic E-state index is -4.35. The maximum atomic E-state index is 14.1. The van der Waals surface area contributed by atoms with Crippen LogP contribution in [0.5, 0.6) is 0 Å². The second-order valence-corrected chi connectivity index (χ2v) is 6.15. The van der Waals surface area contributed by atoms with Crippen LogP contribution < -0.4 is 5.32 Å². The van der Waals surface area contributed by atoms with Crippen molar-refractivity contribution in [2.75, 3.05) is 26.2 Å². The van der Waals surface area contributed by atoms with Crippen molar-refractivity contribution >= 4 is 28.3 Å². The first kappa shape index (κ1) is 20.6. The molecule has 132 valence electrons. The Hall–Kier alpha value is -0.440. The molecule has 0 saturated carbocycles. The Labute approximate surface area is 146 Å². The number of hydrogen-bond acceptors (Lipinski definition) is 2. The number of rotatable bonds is 4. The lowest BCUT2D eigenvalue weighted by Crippen LogP contribution is -2.45. The van der Waals surface area contributed by atoms with E-state index in [4.69, 9.17) is 0 Å². The molecule has 1 N–H and O–H groups in total. The van der Waals surface area contributed by atoms with Gasteiger partial charge in [-0.25, -0.2) is 8.78 Å². The Bertz CT molecular complexity index is 497. The monoisotopic (exact) mass is 422 g/mol. The Morgan fingerprint density at radius 2 is 1.65 bits per heavy atom. The molecule has 0 unspecified atom stereocenters. The molecular formula is C14H17BrClF5N2. The van der Waals surface area contributed by atoms with E-state index in [1.54, 1.807) is 4.90 Å². The van der Waals surface area contributed by atoms with E-state index >= 15 is 0 Å². The van der Waals surface area contributed by atoms with Crippen LogP contribution in [0.4, 0.5) is 22.0 Å². The van der Waals surface area contributed by atoms with Crippen LogP contribution in [0.2, 0.25) is 0 Å². The summed E-state index contributed by atoms with van der Waals surface area (Å²) < 4.78 is 66.1. The molecule has 0 spiro atoms. The standard InChI is InChI=1S/C14H16BrF5N2.ClH/c15-9-7-10(16)13(11(17)8-9)12(1-2-14(18,19)20)22-5-3-21-4-6-22;/h7-8,12,21H,1-6H2;1H/t12-;/m1./s1. The molecule has 1 aromatic carbocycles. The Morgan fingerprint density at radius 1 is 1.13 bits per heavy atom. The molecule has 1 aliphatic rings. The molecule has 1 atom stereocenters. The van der Waals surface area contributed by atoms with Gasteiger partial charge in [-0.3, -0.25) is 4.90 Å². The molecule has 1 heterocycles. The highest BCUT2D eigenvalue weighted by molar-refractivity contribution is 9.10. The van der Waals surface area contributed by atoms with E-state index in [-0.39, 0.29) is 28.9 Å². The van der Waals surface area contributed by atoms with Crippen molar-refractivity contribution in [3.63, 3.8) is 0 Å². The van der Waals surface area contributed by atoms with Gasteiger partial charge in [0.05, 0.1) is 0 Å². The molecule has 2 nitrogen and oxygen atoms in total. The molecule has 1 fully saturated rings. The van der Waals surface area contributed by atoms with Crippen molar-refractivity contribution in [1.82, 2.24) is 10.2 Å². The van der Waals surface area contributed by atoms with E-state index < -0.39 is 30.3 Å². The maximum absolute atomic E-state index is 14.1. The van der Waals surface area contributed by atoms with Crippen LogP contribution in [0.25, 0.3) is 0 Å². The molecule has 0 amide bonds. The van der Waals surface area contributed by atoms with Gasteiger partial charge in [0.2, 0.25) is 0 Å². The van der Waals surface area contributed by atoms with Crippen LogP contribution in [-0.2, 0) is 0 Å². The molecule has 2 rings (SSSR count). The van der Waals surface area contributed by atoms with Crippen molar-refractivity contribution in [3.8, 4) is 0 Å². The number of piperazine rings is 1. The summed E-state index contributed by atoms with van der Waals surface area (Å²) in [6, 6.07) is 1.25. The average molecular weight is 424 g/mol. The highest BCUT2D eigenvalue weighted by Gasteiger charge is 2.33. The highest BCUT2D eigenvalue weighted by Crippen LogP contribution is 2.35. The predicted octanol–water partition coefficient (Wildman–Crippen LogP) is 4.44. The Morgan fingerprint density at radius 3 is 2.13 bits per heavy atom. The number of nitrogens with zero attached hydrogens (tertiary/aromatic N) is 1. The van der Waals surface area contributed by atoms with Gasteiger partial charge < -0.3 is 5.32 Å². The number of halogens is 7. The molecule has 9 heteroatoms. The van der Waals surface area contributed by atoms with Crippen molar-refractivity contribution < 1.29 is 22.0 Å². The van der Waals surface area contributed by atoms with Gasteiger partial charge in [0, 0.05) is 48.7 Å². The third-order valence-electron chi connectivity index (χ3n) is 3.67. The molecule has 0 radical (unpaired) electrons. The van der Waals surface area contributed by atoms with E-state index in [0.717, 1.165) is 12.1 Å². The zero-order chi connectivity index (χ0) is 16.3. The molecular weight excluding hydrogens is 407 g/mol. The predicted molar refractivity (Wildman–Crippen MR) is 83.8 cm³/mol. The van der Waals surface area contributed by atoms with Crippen molar-refractivity contribution in [2.24, 2.45) is 0 Å². The van der Waals surface area contributed by atoms with Crippen molar-refractivity contribution in [2.45, 2.75) is 25.1 Å². The topological polar surface area (TPSA) is 15.3 Å². The Balaban J connectivity index is 0.00000264. The summed E-state index contributed by atoms with van der Waals surface area (Å²) in [5.74, 6) is -1.64. The van der Waals surface area contributed by atoms with Gasteiger partial charge in [-0.05, 0) is 18.6 Å². The number of alkyl halides is 3. The summed E-state index contributed by atoms with van der Waals surface area (Å²) in [4.78, 5) is 1.71. The Kier molecular flexibility index (Phi) is 7.70. The van der Waals surface area contributed by atoms with Gasteiger partial charge in [-0.2, -0.15) is 13.2 Å². The van der Waals surface area contributed by atoms with Gasteiger partial charge in [-0.1, -0.05) is 15.9 Å². The molecule has 0 bridgehead atoms. The molecule has 23 heavy (non-hydrogen) atoms. The van der Waals surface area contributed by atoms with E-state index in [1.165, 1.54) is 0 Å². The molecule has 1 saturated heterocycles. The average Bonchev–Trinajstić information content (AvgIpc) is 2.41. The van der Waals surface area contributed by atoms with Crippen LogP contribution in [0.3, 0.4) is 0 Å². The summed E-state index contributed by atoms with van der Waals surface area (Å²) in [7, 11) is 0. The fourth-order valence-corrected chi connectivity index (χ4v) is 3.08. The van der Waals surface area contributed by atoms with Crippen molar-refractivity contribution in [1.29, 1.82) is 0 Å². The van der Waals surface area contributed by atoms with E-state index in [1.807, 2.05) is 0 Å². The van der Waals surface area contributed by atoms with Gasteiger partial charge in [0.25, 0.3) is 0 Å². The fourth-order valence-electron chi connectivity index (χ4n) is 2.68. The summed E-state index contributed by atoms with van der Waals surface area (Å²) >= 11 is 2.98. The van der Waals surface area contributed by atoms with E-state index in [9.17, 15) is 22.0 Å². The summed E-state index contributed by atoms with van der Waals surface area (Å²) in [5.41, 5.74) is -0.283.